The summed E-state index contributed by atoms with van der Waals surface area (Å²) in [5.74, 6) is -1.79. The second kappa shape index (κ2) is 6.06. The van der Waals surface area contributed by atoms with Gasteiger partial charge in [-0.3, -0.25) is 4.79 Å². The van der Waals surface area contributed by atoms with Crippen LogP contribution in [0.2, 0.25) is 0 Å². The van der Waals surface area contributed by atoms with E-state index in [1.54, 1.807) is 18.4 Å². The molecule has 0 aromatic carbocycles. The summed E-state index contributed by atoms with van der Waals surface area (Å²) in [6.45, 7) is 3.82. The largest absolute Gasteiger partial charge is 0.481 e. The van der Waals surface area contributed by atoms with Gasteiger partial charge in [0.15, 0.2) is 0 Å². The van der Waals surface area contributed by atoms with Crippen LogP contribution in [-0.4, -0.2) is 36.1 Å². The summed E-state index contributed by atoms with van der Waals surface area (Å²) in [4.78, 5) is 13.4. The van der Waals surface area contributed by atoms with Crippen molar-refractivity contribution in [2.45, 2.75) is 44.4 Å². The molecule has 2 rings (SSSR count). The van der Waals surface area contributed by atoms with Crippen LogP contribution in [0.4, 0.5) is 0 Å². The Morgan fingerprint density at radius 2 is 2.10 bits per heavy atom. The second-order valence-corrected chi connectivity index (χ2v) is 9.13. The number of aliphatic carboxylic acids is 1. The van der Waals surface area contributed by atoms with E-state index in [1.165, 1.54) is 4.31 Å². The lowest BCUT2D eigenvalue weighted by Gasteiger charge is -2.28. The molecule has 7 heteroatoms. The summed E-state index contributed by atoms with van der Waals surface area (Å²) in [5, 5.41) is 8.40. The van der Waals surface area contributed by atoms with Crippen LogP contribution >= 0.6 is 11.3 Å². The van der Waals surface area contributed by atoms with E-state index in [0.717, 1.165) is 9.75 Å². The smallest absolute Gasteiger partial charge is 0.307 e. The van der Waals surface area contributed by atoms with Crippen molar-refractivity contribution in [3.8, 4) is 0 Å². The second-order valence-electron chi connectivity index (χ2n) is 5.60. The van der Waals surface area contributed by atoms with Gasteiger partial charge in [-0.25, -0.2) is 8.42 Å². The van der Waals surface area contributed by atoms with Gasteiger partial charge in [-0.15, -0.1) is 11.3 Å². The number of sulfonamides is 1. The molecule has 3 unspecified atom stereocenters. The number of hydrogen-bond acceptors (Lipinski definition) is 4. The van der Waals surface area contributed by atoms with Gasteiger partial charge >= 0.3 is 5.97 Å². The summed E-state index contributed by atoms with van der Waals surface area (Å²) in [6, 6.07) is 3.62. The number of carbonyl (C=O) groups is 1. The van der Waals surface area contributed by atoms with Crippen LogP contribution < -0.4 is 0 Å². The molecule has 21 heavy (non-hydrogen) atoms. The van der Waals surface area contributed by atoms with Crippen LogP contribution in [0.3, 0.4) is 0 Å². The van der Waals surface area contributed by atoms with Gasteiger partial charge in [-0.05, 0) is 38.8 Å². The minimum atomic E-state index is -3.61. The van der Waals surface area contributed by atoms with Gasteiger partial charge in [-0.2, -0.15) is 4.31 Å². The summed E-state index contributed by atoms with van der Waals surface area (Å²) >= 11 is 1.57. The molecule has 0 saturated heterocycles. The Kier molecular flexibility index (Phi) is 4.75. The molecule has 0 bridgehead atoms. The van der Waals surface area contributed by atoms with Gasteiger partial charge in [0.25, 0.3) is 0 Å². The highest BCUT2D eigenvalue weighted by Gasteiger charge is 2.44. The molecule has 1 saturated carbocycles. The van der Waals surface area contributed by atoms with Gasteiger partial charge in [0.2, 0.25) is 10.0 Å². The van der Waals surface area contributed by atoms with E-state index in [4.69, 9.17) is 0 Å². The van der Waals surface area contributed by atoms with Crippen LogP contribution in [0.25, 0.3) is 0 Å². The maximum atomic E-state index is 12.7. The van der Waals surface area contributed by atoms with Crippen LogP contribution in [0.1, 0.15) is 42.0 Å². The Hall–Kier alpha value is -0.920. The van der Waals surface area contributed by atoms with Crippen molar-refractivity contribution in [3.05, 3.63) is 21.9 Å². The van der Waals surface area contributed by atoms with E-state index < -0.39 is 27.2 Å². The maximum Gasteiger partial charge on any atom is 0.307 e. The minimum absolute atomic E-state index is 0.274. The SMILES string of the molecule is Cc1ccc(C(C)N(C)S(=O)(=O)C2CCCC2C(=O)O)s1. The molecule has 1 fully saturated rings. The van der Waals surface area contributed by atoms with Crippen molar-refractivity contribution < 1.29 is 18.3 Å². The highest BCUT2D eigenvalue weighted by molar-refractivity contribution is 7.89. The highest BCUT2D eigenvalue weighted by atomic mass is 32.2. The number of rotatable bonds is 5. The summed E-state index contributed by atoms with van der Waals surface area (Å²) in [7, 11) is -2.06. The van der Waals surface area contributed by atoms with Crippen molar-refractivity contribution in [2.24, 2.45) is 5.92 Å². The van der Waals surface area contributed by atoms with Gasteiger partial charge < -0.3 is 5.11 Å². The van der Waals surface area contributed by atoms with Crippen molar-refractivity contribution in [1.29, 1.82) is 0 Å². The topological polar surface area (TPSA) is 74.7 Å². The third kappa shape index (κ3) is 3.14. The first-order valence-corrected chi connectivity index (χ1v) is 9.33. The van der Waals surface area contributed by atoms with Gasteiger partial charge in [0, 0.05) is 16.8 Å². The molecule has 1 aromatic heterocycles. The highest BCUT2D eigenvalue weighted by Crippen LogP contribution is 2.36. The predicted molar refractivity (Wildman–Crippen MR) is 82.9 cm³/mol. The molecule has 3 atom stereocenters. The summed E-state index contributed by atoms with van der Waals surface area (Å²) < 4.78 is 26.8. The molecule has 1 heterocycles. The van der Waals surface area contributed by atoms with Crippen LogP contribution in [0.15, 0.2) is 12.1 Å². The first-order chi connectivity index (χ1) is 9.75. The fraction of sp³-hybridized carbons (Fsp3) is 0.643. The van der Waals surface area contributed by atoms with E-state index in [2.05, 4.69) is 0 Å². The molecular formula is C14H21NO4S2. The van der Waals surface area contributed by atoms with Crippen molar-refractivity contribution in [2.75, 3.05) is 7.05 Å². The lowest BCUT2D eigenvalue weighted by Crippen LogP contribution is -2.41. The Labute approximate surface area is 129 Å². The molecule has 1 aliphatic rings. The van der Waals surface area contributed by atoms with E-state index in [0.29, 0.717) is 19.3 Å². The molecule has 1 N–H and O–H groups in total. The van der Waals surface area contributed by atoms with E-state index in [9.17, 15) is 18.3 Å². The number of aryl methyl sites for hydroxylation is 1. The molecule has 0 amide bonds. The molecule has 5 nitrogen and oxygen atoms in total. The molecule has 118 valence electrons. The van der Waals surface area contributed by atoms with Crippen LogP contribution in [0.5, 0.6) is 0 Å². The first-order valence-electron chi connectivity index (χ1n) is 7.01. The summed E-state index contributed by atoms with van der Waals surface area (Å²) in [5.41, 5.74) is 0. The molecule has 0 spiro atoms. The van der Waals surface area contributed by atoms with Gasteiger partial charge in [-0.1, -0.05) is 6.42 Å². The number of nitrogens with zero attached hydrogens (tertiary/aromatic N) is 1. The minimum Gasteiger partial charge on any atom is -0.481 e. The number of carboxylic acid groups (broad SMARTS) is 1. The zero-order valence-corrected chi connectivity index (χ0v) is 14.1. The van der Waals surface area contributed by atoms with E-state index in [-0.39, 0.29) is 6.04 Å². The standard InChI is InChI=1S/C14H21NO4S2/c1-9-7-8-12(20-9)10(2)15(3)21(18,19)13-6-4-5-11(13)14(16)17/h7-8,10-11,13H,4-6H2,1-3H3,(H,16,17). The molecule has 1 aliphatic carbocycles. The first kappa shape index (κ1) is 16.5. The Balaban J connectivity index is 2.24. The monoisotopic (exact) mass is 331 g/mol. The molecular weight excluding hydrogens is 310 g/mol. The Bertz CT molecular complexity index is 623. The number of hydrogen-bond donors (Lipinski definition) is 1. The average Bonchev–Trinajstić information content (AvgIpc) is 3.05. The molecule has 0 radical (unpaired) electrons. The van der Waals surface area contributed by atoms with Gasteiger partial charge in [0.05, 0.1) is 17.2 Å². The Morgan fingerprint density at radius 1 is 1.43 bits per heavy atom. The maximum absolute atomic E-state index is 12.7. The number of carboxylic acids is 1. The normalized spacial score (nSPS) is 24.4. The zero-order chi connectivity index (χ0) is 15.8. The lowest BCUT2D eigenvalue weighted by atomic mass is 10.1. The third-order valence-electron chi connectivity index (χ3n) is 4.27. The predicted octanol–water partition coefficient (Wildman–Crippen LogP) is 2.63. The average molecular weight is 331 g/mol. The van der Waals surface area contributed by atoms with E-state index >= 15 is 0 Å². The molecule has 1 aromatic rings. The van der Waals surface area contributed by atoms with Crippen molar-refractivity contribution in [1.82, 2.24) is 4.31 Å². The lowest BCUT2D eigenvalue weighted by molar-refractivity contribution is -0.141. The van der Waals surface area contributed by atoms with Crippen molar-refractivity contribution in [3.63, 3.8) is 0 Å². The quantitative estimate of drug-likeness (QED) is 0.900. The van der Waals surface area contributed by atoms with Gasteiger partial charge in [0.1, 0.15) is 0 Å². The van der Waals surface area contributed by atoms with Crippen molar-refractivity contribution >= 4 is 27.3 Å². The van der Waals surface area contributed by atoms with Crippen LogP contribution in [0, 0.1) is 12.8 Å². The Morgan fingerprint density at radius 3 is 2.62 bits per heavy atom. The van der Waals surface area contributed by atoms with E-state index in [1.807, 2.05) is 26.0 Å². The van der Waals surface area contributed by atoms with Crippen LogP contribution in [-0.2, 0) is 14.8 Å². The third-order valence-corrected chi connectivity index (χ3v) is 7.89. The number of thiophene rings is 1. The molecule has 0 aliphatic heterocycles. The fourth-order valence-electron chi connectivity index (χ4n) is 2.86. The summed E-state index contributed by atoms with van der Waals surface area (Å²) in [6.07, 6.45) is 1.53. The zero-order valence-electron chi connectivity index (χ0n) is 12.4. The fourth-order valence-corrected chi connectivity index (χ4v) is 6.01.